The Morgan fingerprint density at radius 3 is 2.95 bits per heavy atom. The molecule has 1 unspecified atom stereocenters. The van der Waals surface area contributed by atoms with Gasteiger partial charge in [0.1, 0.15) is 5.69 Å². The summed E-state index contributed by atoms with van der Waals surface area (Å²) in [6.07, 6.45) is 7.72. The fraction of sp³-hybridized carbons (Fsp3) is 0.375. The zero-order valence-corrected chi connectivity index (χ0v) is 12.1. The number of pyridine rings is 1. The molecule has 1 amide bonds. The first kappa shape index (κ1) is 13.8. The fourth-order valence-electron chi connectivity index (χ4n) is 2.59. The minimum atomic E-state index is -0.0618. The number of aryl methyl sites for hydroxylation is 1. The van der Waals surface area contributed by atoms with E-state index in [1.54, 1.807) is 12.4 Å². The first-order valence-electron chi connectivity index (χ1n) is 7.20. The lowest BCUT2D eigenvalue weighted by Crippen LogP contribution is -2.32. The maximum atomic E-state index is 12.3. The summed E-state index contributed by atoms with van der Waals surface area (Å²) in [6, 6.07) is 5.77. The number of amides is 1. The van der Waals surface area contributed by atoms with Crippen LogP contribution in [-0.4, -0.2) is 34.7 Å². The van der Waals surface area contributed by atoms with Crippen LogP contribution < -0.4 is 5.32 Å². The molecule has 3 heterocycles. The van der Waals surface area contributed by atoms with Crippen molar-refractivity contribution in [2.45, 2.75) is 18.9 Å². The van der Waals surface area contributed by atoms with Gasteiger partial charge < -0.3 is 14.6 Å². The lowest BCUT2D eigenvalue weighted by atomic mass is 10.1. The number of carbonyl (C=O) groups is 1. The van der Waals surface area contributed by atoms with E-state index in [1.807, 2.05) is 36.0 Å². The molecule has 5 nitrogen and oxygen atoms in total. The average molecular weight is 285 g/mol. The normalized spacial score (nSPS) is 17.9. The lowest BCUT2D eigenvalue weighted by molar-refractivity contribution is 0.0851. The molecular weight excluding hydrogens is 266 g/mol. The highest BCUT2D eigenvalue weighted by Crippen LogP contribution is 2.21. The van der Waals surface area contributed by atoms with E-state index in [1.165, 1.54) is 0 Å². The largest absolute Gasteiger partial charge is 0.376 e. The Kier molecular flexibility index (Phi) is 4.01. The van der Waals surface area contributed by atoms with Crippen LogP contribution in [0, 0.1) is 0 Å². The van der Waals surface area contributed by atoms with Crippen LogP contribution in [0.5, 0.6) is 0 Å². The third kappa shape index (κ3) is 3.13. The lowest BCUT2D eigenvalue weighted by Gasteiger charge is -2.10. The molecular formula is C16H19N3O2. The summed E-state index contributed by atoms with van der Waals surface area (Å²) in [5, 5.41) is 2.95. The second kappa shape index (κ2) is 6.10. The van der Waals surface area contributed by atoms with Crippen molar-refractivity contribution in [3.8, 4) is 11.1 Å². The number of ether oxygens (including phenoxy) is 1. The average Bonchev–Trinajstić information content (AvgIpc) is 3.15. The van der Waals surface area contributed by atoms with E-state index >= 15 is 0 Å². The van der Waals surface area contributed by atoms with Crippen molar-refractivity contribution in [3.05, 3.63) is 42.5 Å². The summed E-state index contributed by atoms with van der Waals surface area (Å²) in [6.45, 7) is 1.38. The third-order valence-corrected chi connectivity index (χ3v) is 3.77. The van der Waals surface area contributed by atoms with Crippen molar-refractivity contribution < 1.29 is 9.53 Å². The quantitative estimate of drug-likeness (QED) is 0.934. The highest BCUT2D eigenvalue weighted by Gasteiger charge is 2.18. The SMILES string of the molecule is Cn1cc(-c2ccncc2)cc1C(=O)NCC1CCCO1. The molecule has 1 saturated heterocycles. The molecule has 21 heavy (non-hydrogen) atoms. The van der Waals surface area contributed by atoms with Gasteiger partial charge in [0.15, 0.2) is 0 Å². The van der Waals surface area contributed by atoms with E-state index in [0.717, 1.165) is 30.6 Å². The van der Waals surface area contributed by atoms with Crippen molar-refractivity contribution in [3.63, 3.8) is 0 Å². The fourth-order valence-corrected chi connectivity index (χ4v) is 2.59. The summed E-state index contributed by atoms with van der Waals surface area (Å²) >= 11 is 0. The Morgan fingerprint density at radius 2 is 2.24 bits per heavy atom. The van der Waals surface area contributed by atoms with Crippen LogP contribution in [0.2, 0.25) is 0 Å². The van der Waals surface area contributed by atoms with Gasteiger partial charge in [0, 0.05) is 44.4 Å². The molecule has 0 bridgehead atoms. The van der Waals surface area contributed by atoms with Gasteiger partial charge in [-0.15, -0.1) is 0 Å². The van der Waals surface area contributed by atoms with Gasteiger partial charge in [-0.1, -0.05) is 0 Å². The Hall–Kier alpha value is -2.14. The zero-order valence-electron chi connectivity index (χ0n) is 12.1. The van der Waals surface area contributed by atoms with Crippen molar-refractivity contribution in [1.82, 2.24) is 14.9 Å². The van der Waals surface area contributed by atoms with E-state index in [4.69, 9.17) is 4.74 Å². The molecule has 2 aromatic heterocycles. The summed E-state index contributed by atoms with van der Waals surface area (Å²) < 4.78 is 7.36. The highest BCUT2D eigenvalue weighted by molar-refractivity contribution is 5.94. The number of aromatic nitrogens is 2. The molecule has 0 aromatic carbocycles. The van der Waals surface area contributed by atoms with Gasteiger partial charge in [-0.05, 0) is 36.6 Å². The second-order valence-corrected chi connectivity index (χ2v) is 5.31. The molecule has 110 valence electrons. The van der Waals surface area contributed by atoms with E-state index < -0.39 is 0 Å². The first-order chi connectivity index (χ1) is 10.2. The number of nitrogens with one attached hydrogen (secondary N) is 1. The highest BCUT2D eigenvalue weighted by atomic mass is 16.5. The van der Waals surface area contributed by atoms with Crippen LogP contribution in [0.15, 0.2) is 36.8 Å². The molecule has 2 aromatic rings. The van der Waals surface area contributed by atoms with E-state index in [9.17, 15) is 4.79 Å². The van der Waals surface area contributed by atoms with Gasteiger partial charge in [-0.2, -0.15) is 0 Å². The van der Waals surface area contributed by atoms with Crippen molar-refractivity contribution in [2.75, 3.05) is 13.2 Å². The molecule has 1 fully saturated rings. The predicted molar refractivity (Wildman–Crippen MR) is 80.0 cm³/mol. The topological polar surface area (TPSA) is 56.2 Å². The molecule has 5 heteroatoms. The number of nitrogens with zero attached hydrogens (tertiary/aromatic N) is 2. The monoisotopic (exact) mass is 285 g/mol. The number of rotatable bonds is 4. The van der Waals surface area contributed by atoms with Crippen molar-refractivity contribution >= 4 is 5.91 Å². The van der Waals surface area contributed by atoms with Gasteiger partial charge >= 0.3 is 0 Å². The Balaban J connectivity index is 1.70. The summed E-state index contributed by atoms with van der Waals surface area (Å²) in [5.41, 5.74) is 2.72. The smallest absolute Gasteiger partial charge is 0.268 e. The summed E-state index contributed by atoms with van der Waals surface area (Å²) in [4.78, 5) is 16.3. The summed E-state index contributed by atoms with van der Waals surface area (Å²) in [5.74, 6) is -0.0618. The van der Waals surface area contributed by atoms with Crippen molar-refractivity contribution in [2.24, 2.45) is 7.05 Å². The standard InChI is InChI=1S/C16H19N3O2/c1-19-11-13(12-4-6-17-7-5-12)9-15(19)16(20)18-10-14-3-2-8-21-14/h4-7,9,11,14H,2-3,8,10H2,1H3,(H,18,20). The van der Waals surface area contributed by atoms with Crippen LogP contribution >= 0.6 is 0 Å². The minimum absolute atomic E-state index is 0.0618. The number of carbonyl (C=O) groups excluding carboxylic acids is 1. The van der Waals surface area contributed by atoms with Crippen LogP contribution in [0.3, 0.4) is 0 Å². The van der Waals surface area contributed by atoms with Crippen LogP contribution in [0.25, 0.3) is 11.1 Å². The molecule has 1 atom stereocenters. The molecule has 1 aliphatic rings. The number of hydrogen-bond acceptors (Lipinski definition) is 3. The maximum Gasteiger partial charge on any atom is 0.268 e. The summed E-state index contributed by atoms with van der Waals surface area (Å²) in [7, 11) is 1.88. The zero-order chi connectivity index (χ0) is 14.7. The first-order valence-corrected chi connectivity index (χ1v) is 7.20. The van der Waals surface area contributed by atoms with E-state index in [0.29, 0.717) is 12.2 Å². The maximum absolute atomic E-state index is 12.3. The molecule has 1 aliphatic heterocycles. The molecule has 0 spiro atoms. The van der Waals surface area contributed by atoms with Crippen LogP contribution in [0.1, 0.15) is 23.3 Å². The van der Waals surface area contributed by atoms with Gasteiger partial charge in [-0.3, -0.25) is 9.78 Å². The van der Waals surface area contributed by atoms with Gasteiger partial charge in [0.25, 0.3) is 5.91 Å². The third-order valence-electron chi connectivity index (χ3n) is 3.77. The second-order valence-electron chi connectivity index (χ2n) is 5.31. The Labute approximate surface area is 124 Å². The van der Waals surface area contributed by atoms with E-state index in [2.05, 4.69) is 10.3 Å². The molecule has 0 aliphatic carbocycles. The molecule has 0 radical (unpaired) electrons. The van der Waals surface area contributed by atoms with Gasteiger partial charge in [-0.25, -0.2) is 0 Å². The Morgan fingerprint density at radius 1 is 1.43 bits per heavy atom. The van der Waals surface area contributed by atoms with E-state index in [-0.39, 0.29) is 12.0 Å². The Bertz CT molecular complexity index is 616. The van der Waals surface area contributed by atoms with Crippen LogP contribution in [0.4, 0.5) is 0 Å². The molecule has 3 rings (SSSR count). The molecule has 0 saturated carbocycles. The molecule has 1 N–H and O–H groups in total. The van der Waals surface area contributed by atoms with Crippen molar-refractivity contribution in [1.29, 1.82) is 0 Å². The number of hydrogen-bond donors (Lipinski definition) is 1. The van der Waals surface area contributed by atoms with Gasteiger partial charge in [0.2, 0.25) is 0 Å². The minimum Gasteiger partial charge on any atom is -0.376 e. The van der Waals surface area contributed by atoms with Gasteiger partial charge in [0.05, 0.1) is 6.10 Å². The predicted octanol–water partition coefficient (Wildman–Crippen LogP) is 2.00. The van der Waals surface area contributed by atoms with Crippen LogP contribution in [-0.2, 0) is 11.8 Å².